The van der Waals surface area contributed by atoms with Crippen molar-refractivity contribution < 1.29 is 4.79 Å². The van der Waals surface area contributed by atoms with Crippen LogP contribution in [-0.2, 0) is 4.79 Å². The van der Waals surface area contributed by atoms with Crippen LogP contribution in [0.25, 0.3) is 0 Å². The highest BCUT2D eigenvalue weighted by Crippen LogP contribution is 2.44. The van der Waals surface area contributed by atoms with Crippen molar-refractivity contribution in [3.63, 3.8) is 0 Å². The largest absolute Gasteiger partial charge is 0.311 e. The normalized spacial score (nSPS) is 22.4. The van der Waals surface area contributed by atoms with E-state index in [0.29, 0.717) is 4.32 Å². The van der Waals surface area contributed by atoms with Gasteiger partial charge >= 0.3 is 0 Å². The van der Waals surface area contributed by atoms with Crippen LogP contribution < -0.4 is 5.32 Å². The predicted octanol–water partition coefficient (Wildman–Crippen LogP) is 3.66. The molecule has 1 N–H and O–H groups in total. The van der Waals surface area contributed by atoms with Gasteiger partial charge < -0.3 is 5.32 Å². The fourth-order valence-corrected chi connectivity index (χ4v) is 3.93. The smallest absolute Gasteiger partial charge is 0.234 e. The van der Waals surface area contributed by atoms with E-state index in [1.807, 2.05) is 48.5 Å². The summed E-state index contributed by atoms with van der Waals surface area (Å²) in [6.45, 7) is 0. The average Bonchev–Trinajstić information content (AvgIpc) is 2.48. The van der Waals surface area contributed by atoms with Crippen molar-refractivity contribution in [2.24, 2.45) is 0 Å². The molecule has 100 valence electrons. The van der Waals surface area contributed by atoms with Gasteiger partial charge in [0.05, 0.1) is 11.2 Å². The number of hydrogen-bond acceptors (Lipinski definition) is 3. The quantitative estimate of drug-likeness (QED) is 0.858. The Morgan fingerprint density at radius 3 is 2.05 bits per heavy atom. The van der Waals surface area contributed by atoms with E-state index in [1.165, 1.54) is 0 Å². The zero-order valence-corrected chi connectivity index (χ0v) is 12.3. The van der Waals surface area contributed by atoms with Crippen molar-refractivity contribution in [3.05, 3.63) is 71.8 Å². The van der Waals surface area contributed by atoms with Gasteiger partial charge in [0.15, 0.2) is 0 Å². The molecule has 2 nitrogen and oxygen atoms in total. The minimum atomic E-state index is -0.213. The van der Waals surface area contributed by atoms with Crippen molar-refractivity contribution in [2.45, 2.75) is 11.2 Å². The fraction of sp³-hybridized carbons (Fsp3) is 0.125. The molecule has 3 rings (SSSR count). The minimum absolute atomic E-state index is 0.0196. The minimum Gasteiger partial charge on any atom is -0.311 e. The Kier molecular flexibility index (Phi) is 3.85. The average molecular weight is 299 g/mol. The second-order valence-electron chi connectivity index (χ2n) is 4.61. The molecule has 0 bridgehead atoms. The summed E-state index contributed by atoms with van der Waals surface area (Å²) in [6.07, 6.45) is 0. The van der Waals surface area contributed by atoms with Gasteiger partial charge in [-0.2, -0.15) is 0 Å². The third-order valence-corrected chi connectivity index (χ3v) is 4.84. The molecule has 0 saturated carbocycles. The molecule has 1 fully saturated rings. The molecule has 2 atom stereocenters. The van der Waals surface area contributed by atoms with Crippen molar-refractivity contribution >= 4 is 34.2 Å². The first-order chi connectivity index (χ1) is 9.75. The lowest BCUT2D eigenvalue weighted by atomic mass is 9.90. The maximum Gasteiger partial charge on any atom is 0.234 e. The van der Waals surface area contributed by atoms with Crippen LogP contribution in [0.2, 0.25) is 0 Å². The van der Waals surface area contributed by atoms with Gasteiger partial charge in [0.1, 0.15) is 4.32 Å². The number of nitrogens with one attached hydrogen (secondary N) is 1. The van der Waals surface area contributed by atoms with Gasteiger partial charge in [0, 0.05) is 0 Å². The molecule has 0 aliphatic carbocycles. The summed E-state index contributed by atoms with van der Waals surface area (Å²) in [5.74, 6) is -0.232. The van der Waals surface area contributed by atoms with Crippen LogP contribution >= 0.6 is 24.0 Å². The first-order valence-electron chi connectivity index (χ1n) is 6.37. The first-order valence-corrected chi connectivity index (χ1v) is 7.66. The highest BCUT2D eigenvalue weighted by Gasteiger charge is 2.36. The predicted molar refractivity (Wildman–Crippen MR) is 86.7 cm³/mol. The summed E-state index contributed by atoms with van der Waals surface area (Å²) in [6, 6.07) is 19.9. The molecule has 0 aromatic heterocycles. The summed E-state index contributed by atoms with van der Waals surface area (Å²) in [5.41, 5.74) is 2.15. The number of carbonyl (C=O) groups excluding carboxylic acids is 1. The third-order valence-electron chi connectivity index (χ3n) is 3.33. The van der Waals surface area contributed by atoms with Crippen LogP contribution in [0.1, 0.15) is 22.3 Å². The highest BCUT2D eigenvalue weighted by atomic mass is 32.2. The number of thiocarbonyl (C=S) groups is 1. The topological polar surface area (TPSA) is 29.1 Å². The molecule has 0 spiro atoms. The van der Waals surface area contributed by atoms with Crippen molar-refractivity contribution in [1.29, 1.82) is 0 Å². The molecular formula is C16H13NOS2. The molecule has 4 heteroatoms. The Hall–Kier alpha value is -1.65. The molecule has 20 heavy (non-hydrogen) atoms. The Bertz CT molecular complexity index is 627. The van der Waals surface area contributed by atoms with E-state index in [9.17, 15) is 4.79 Å². The lowest BCUT2D eigenvalue weighted by molar-refractivity contribution is -0.121. The van der Waals surface area contributed by atoms with Gasteiger partial charge in [-0.05, 0) is 11.1 Å². The Morgan fingerprint density at radius 1 is 0.900 bits per heavy atom. The summed E-state index contributed by atoms with van der Waals surface area (Å²) in [4.78, 5) is 12.4. The van der Waals surface area contributed by atoms with E-state index >= 15 is 0 Å². The van der Waals surface area contributed by atoms with E-state index in [2.05, 4.69) is 17.4 Å². The van der Waals surface area contributed by atoms with Gasteiger partial charge in [-0.25, -0.2) is 0 Å². The maximum absolute atomic E-state index is 12.4. The molecule has 2 aromatic rings. The zero-order valence-electron chi connectivity index (χ0n) is 10.7. The van der Waals surface area contributed by atoms with Crippen LogP contribution in [0.4, 0.5) is 0 Å². The molecule has 2 aromatic carbocycles. The SMILES string of the molecule is O=C1NC(=S)SC(c2ccccc2)C1c1ccccc1. The lowest BCUT2D eigenvalue weighted by Crippen LogP contribution is -2.39. The van der Waals surface area contributed by atoms with E-state index < -0.39 is 0 Å². The van der Waals surface area contributed by atoms with E-state index in [0.717, 1.165) is 11.1 Å². The summed E-state index contributed by atoms with van der Waals surface area (Å²) in [7, 11) is 0. The van der Waals surface area contributed by atoms with Crippen molar-refractivity contribution in [3.8, 4) is 0 Å². The second kappa shape index (κ2) is 5.77. The van der Waals surface area contributed by atoms with Crippen LogP contribution in [0.5, 0.6) is 0 Å². The van der Waals surface area contributed by atoms with E-state index in [4.69, 9.17) is 12.2 Å². The van der Waals surface area contributed by atoms with E-state index in [1.54, 1.807) is 11.8 Å². The fourth-order valence-electron chi connectivity index (χ4n) is 2.42. The third kappa shape index (κ3) is 2.62. The van der Waals surface area contributed by atoms with Crippen molar-refractivity contribution in [1.82, 2.24) is 5.32 Å². The molecule has 1 saturated heterocycles. The Balaban J connectivity index is 2.03. The van der Waals surface area contributed by atoms with Gasteiger partial charge in [0.2, 0.25) is 5.91 Å². The molecule has 1 aliphatic heterocycles. The molecular weight excluding hydrogens is 286 g/mol. The van der Waals surface area contributed by atoms with Crippen LogP contribution in [-0.4, -0.2) is 10.2 Å². The Labute approximate surface area is 127 Å². The van der Waals surface area contributed by atoms with Gasteiger partial charge in [-0.15, -0.1) is 0 Å². The van der Waals surface area contributed by atoms with Gasteiger partial charge in [-0.1, -0.05) is 84.6 Å². The summed E-state index contributed by atoms with van der Waals surface area (Å²) < 4.78 is 0.552. The van der Waals surface area contributed by atoms with E-state index in [-0.39, 0.29) is 17.1 Å². The number of rotatable bonds is 2. The maximum atomic E-state index is 12.4. The summed E-state index contributed by atoms with van der Waals surface area (Å²) in [5, 5.41) is 2.81. The molecule has 2 unspecified atom stereocenters. The van der Waals surface area contributed by atoms with Crippen molar-refractivity contribution in [2.75, 3.05) is 0 Å². The number of hydrogen-bond donors (Lipinski definition) is 1. The summed E-state index contributed by atoms with van der Waals surface area (Å²) >= 11 is 6.74. The number of amides is 1. The Morgan fingerprint density at radius 2 is 1.45 bits per heavy atom. The number of benzene rings is 2. The molecule has 1 heterocycles. The first kappa shape index (κ1) is 13.3. The van der Waals surface area contributed by atoms with Crippen LogP contribution in [0.15, 0.2) is 60.7 Å². The number of thioether (sulfide) groups is 1. The second-order valence-corrected chi connectivity index (χ2v) is 6.43. The zero-order chi connectivity index (χ0) is 13.9. The van der Waals surface area contributed by atoms with Gasteiger partial charge in [-0.3, -0.25) is 4.79 Å². The molecule has 1 amide bonds. The standard InChI is InChI=1S/C16H13NOS2/c18-15-13(11-7-3-1-4-8-11)14(20-16(19)17-15)12-9-5-2-6-10-12/h1-10,13-14H,(H,17,18,19). The monoisotopic (exact) mass is 299 g/mol. The molecule has 0 radical (unpaired) electrons. The molecule has 1 aliphatic rings. The van der Waals surface area contributed by atoms with Crippen LogP contribution in [0, 0.1) is 0 Å². The highest BCUT2D eigenvalue weighted by molar-refractivity contribution is 8.23. The van der Waals surface area contributed by atoms with Crippen LogP contribution in [0.3, 0.4) is 0 Å². The van der Waals surface area contributed by atoms with Gasteiger partial charge in [0.25, 0.3) is 0 Å². The number of carbonyl (C=O) groups is 1. The lowest BCUT2D eigenvalue weighted by Gasteiger charge is -2.31.